The first-order chi connectivity index (χ1) is 12.0. The Bertz CT molecular complexity index is 754. The number of aromatic nitrogens is 1. The summed E-state index contributed by atoms with van der Waals surface area (Å²) in [5.41, 5.74) is 8.40. The van der Waals surface area contributed by atoms with E-state index < -0.39 is 5.79 Å². The van der Waals surface area contributed by atoms with E-state index >= 15 is 0 Å². The molecule has 1 unspecified atom stereocenters. The Labute approximate surface area is 148 Å². The van der Waals surface area contributed by atoms with Gasteiger partial charge < -0.3 is 10.6 Å². The van der Waals surface area contributed by atoms with Crippen LogP contribution in [-0.4, -0.2) is 22.6 Å². The fraction of sp³-hybridized carbons (Fsp3) is 0.316. The molecule has 25 heavy (non-hydrogen) atoms. The number of nitrogens with two attached hydrogens (primary N) is 1. The summed E-state index contributed by atoms with van der Waals surface area (Å²) in [6.07, 6.45) is 5.14. The highest BCUT2D eigenvalue weighted by molar-refractivity contribution is 6.10. The lowest BCUT2D eigenvalue weighted by molar-refractivity contribution is 0.342. The van der Waals surface area contributed by atoms with Crippen molar-refractivity contribution in [1.82, 2.24) is 10.3 Å². The molecule has 1 aliphatic heterocycles. The van der Waals surface area contributed by atoms with Crippen molar-refractivity contribution >= 4 is 17.5 Å². The summed E-state index contributed by atoms with van der Waals surface area (Å²) in [7, 11) is 0. The number of nitrogens with zero attached hydrogens (tertiary/aromatic N) is 3. The standard InChI is InChI=1S/C19H24N6/c1-14(2)8-11-19(20)24-17(15-6-4-3-5-7-15)23-18(25-19)22-16-9-12-21-13-10-16/h3-7,9-10,12-14H,8,11,20H2,1-2H3,(H2,21,22,23,24,25). The van der Waals surface area contributed by atoms with Gasteiger partial charge in [0.2, 0.25) is 5.96 Å². The van der Waals surface area contributed by atoms with E-state index in [1.165, 1.54) is 0 Å². The van der Waals surface area contributed by atoms with Crippen molar-refractivity contribution in [3.8, 4) is 0 Å². The van der Waals surface area contributed by atoms with Crippen LogP contribution in [0.3, 0.4) is 0 Å². The Morgan fingerprint density at radius 3 is 2.52 bits per heavy atom. The van der Waals surface area contributed by atoms with E-state index in [2.05, 4.69) is 39.4 Å². The summed E-state index contributed by atoms with van der Waals surface area (Å²) in [6.45, 7) is 4.36. The minimum absolute atomic E-state index is 0.495. The molecule has 1 aromatic heterocycles. The lowest BCUT2D eigenvalue weighted by Gasteiger charge is -2.32. The Morgan fingerprint density at radius 2 is 1.84 bits per heavy atom. The highest BCUT2D eigenvalue weighted by Gasteiger charge is 2.30. The number of pyridine rings is 1. The Balaban J connectivity index is 1.90. The first-order valence-corrected chi connectivity index (χ1v) is 8.52. The van der Waals surface area contributed by atoms with E-state index in [1.807, 2.05) is 42.5 Å². The van der Waals surface area contributed by atoms with Crippen LogP contribution < -0.4 is 16.4 Å². The van der Waals surface area contributed by atoms with Crippen LogP contribution in [0, 0.1) is 5.92 Å². The van der Waals surface area contributed by atoms with Gasteiger partial charge in [0.15, 0.2) is 5.79 Å². The summed E-state index contributed by atoms with van der Waals surface area (Å²) < 4.78 is 0. The van der Waals surface area contributed by atoms with Crippen LogP contribution in [0.4, 0.5) is 5.69 Å². The zero-order valence-corrected chi connectivity index (χ0v) is 14.6. The average Bonchev–Trinajstić information content (AvgIpc) is 2.61. The molecule has 1 aliphatic rings. The molecule has 3 rings (SSSR count). The fourth-order valence-corrected chi connectivity index (χ4v) is 2.56. The van der Waals surface area contributed by atoms with E-state index in [0.717, 1.165) is 29.9 Å². The minimum atomic E-state index is -0.882. The van der Waals surface area contributed by atoms with E-state index in [4.69, 9.17) is 5.73 Å². The Kier molecular flexibility index (Phi) is 5.09. The van der Waals surface area contributed by atoms with Gasteiger partial charge in [0, 0.05) is 30.1 Å². The quantitative estimate of drug-likeness (QED) is 0.783. The SMILES string of the molecule is CC(C)CCC1(N)N=C(Nc2ccncc2)N=C(c2ccccc2)N1. The van der Waals surface area contributed by atoms with Crippen molar-refractivity contribution < 1.29 is 0 Å². The number of nitrogens with one attached hydrogen (secondary N) is 2. The molecule has 4 N–H and O–H groups in total. The van der Waals surface area contributed by atoms with Crippen LogP contribution in [0.2, 0.25) is 0 Å². The molecule has 6 nitrogen and oxygen atoms in total. The molecule has 0 amide bonds. The fourth-order valence-electron chi connectivity index (χ4n) is 2.56. The zero-order chi connectivity index (χ0) is 17.7. The number of aliphatic imine (C=N–C) groups is 2. The summed E-state index contributed by atoms with van der Waals surface area (Å²) in [5, 5.41) is 6.53. The van der Waals surface area contributed by atoms with Crippen molar-refractivity contribution in [2.45, 2.75) is 32.5 Å². The molecule has 0 spiro atoms. The van der Waals surface area contributed by atoms with Gasteiger partial charge in [0.05, 0.1) is 0 Å². The van der Waals surface area contributed by atoms with Crippen molar-refractivity contribution in [2.24, 2.45) is 21.6 Å². The number of rotatable bonds is 5. The van der Waals surface area contributed by atoms with Crippen molar-refractivity contribution in [2.75, 3.05) is 5.32 Å². The minimum Gasteiger partial charge on any atom is -0.333 e. The molecule has 0 saturated carbocycles. The zero-order valence-electron chi connectivity index (χ0n) is 14.6. The van der Waals surface area contributed by atoms with Crippen molar-refractivity contribution in [3.63, 3.8) is 0 Å². The highest BCUT2D eigenvalue weighted by Crippen LogP contribution is 2.19. The van der Waals surface area contributed by atoms with Gasteiger partial charge in [-0.1, -0.05) is 44.2 Å². The van der Waals surface area contributed by atoms with E-state index in [1.54, 1.807) is 12.4 Å². The van der Waals surface area contributed by atoms with Gasteiger partial charge in [-0.25, -0.2) is 4.99 Å². The molecule has 0 radical (unpaired) electrons. The molecule has 1 aromatic carbocycles. The number of amidine groups is 1. The number of guanidine groups is 1. The van der Waals surface area contributed by atoms with E-state index in [-0.39, 0.29) is 0 Å². The molecule has 1 atom stereocenters. The molecule has 2 aromatic rings. The van der Waals surface area contributed by atoms with Gasteiger partial charge in [0.1, 0.15) is 5.84 Å². The predicted molar refractivity (Wildman–Crippen MR) is 102 cm³/mol. The van der Waals surface area contributed by atoms with Gasteiger partial charge in [-0.05, 0) is 24.5 Å². The lowest BCUT2D eigenvalue weighted by atomic mass is 10.0. The van der Waals surface area contributed by atoms with E-state index in [0.29, 0.717) is 11.9 Å². The molecular formula is C19H24N6. The third-order valence-corrected chi connectivity index (χ3v) is 3.94. The van der Waals surface area contributed by atoms with Crippen LogP contribution in [0.15, 0.2) is 64.8 Å². The monoisotopic (exact) mass is 336 g/mol. The maximum Gasteiger partial charge on any atom is 0.228 e. The number of hydrogen-bond donors (Lipinski definition) is 3. The average molecular weight is 336 g/mol. The maximum absolute atomic E-state index is 6.55. The number of anilines is 1. The lowest BCUT2D eigenvalue weighted by Crippen LogP contribution is -2.57. The Morgan fingerprint density at radius 1 is 1.12 bits per heavy atom. The van der Waals surface area contributed by atoms with Crippen molar-refractivity contribution in [3.05, 3.63) is 60.4 Å². The van der Waals surface area contributed by atoms with Gasteiger partial charge in [-0.3, -0.25) is 10.7 Å². The summed E-state index contributed by atoms with van der Waals surface area (Å²) in [6, 6.07) is 13.7. The molecule has 0 aliphatic carbocycles. The number of hydrogen-bond acceptors (Lipinski definition) is 6. The van der Waals surface area contributed by atoms with Crippen LogP contribution in [0.25, 0.3) is 0 Å². The second-order valence-corrected chi connectivity index (χ2v) is 6.60. The smallest absolute Gasteiger partial charge is 0.228 e. The summed E-state index contributed by atoms with van der Waals surface area (Å²) in [4.78, 5) is 13.3. The first kappa shape index (κ1) is 17.1. The van der Waals surface area contributed by atoms with Crippen molar-refractivity contribution in [1.29, 1.82) is 0 Å². The van der Waals surface area contributed by atoms with E-state index in [9.17, 15) is 0 Å². The Hall–Kier alpha value is -2.73. The van der Waals surface area contributed by atoms with Crippen LogP contribution in [-0.2, 0) is 0 Å². The topological polar surface area (TPSA) is 87.7 Å². The molecular weight excluding hydrogens is 312 g/mol. The molecule has 6 heteroatoms. The van der Waals surface area contributed by atoms with Gasteiger partial charge in [-0.15, -0.1) is 0 Å². The molecule has 130 valence electrons. The summed E-state index contributed by atoms with van der Waals surface area (Å²) >= 11 is 0. The third kappa shape index (κ3) is 4.64. The highest BCUT2D eigenvalue weighted by atomic mass is 15.4. The second kappa shape index (κ2) is 7.44. The number of benzene rings is 1. The first-order valence-electron chi connectivity index (χ1n) is 8.52. The van der Waals surface area contributed by atoms with Gasteiger partial charge >= 0.3 is 0 Å². The van der Waals surface area contributed by atoms with Crippen LogP contribution >= 0.6 is 0 Å². The molecule has 2 heterocycles. The molecule has 0 bridgehead atoms. The van der Waals surface area contributed by atoms with Gasteiger partial charge in [-0.2, -0.15) is 4.99 Å². The second-order valence-electron chi connectivity index (χ2n) is 6.60. The largest absolute Gasteiger partial charge is 0.333 e. The van der Waals surface area contributed by atoms with Gasteiger partial charge in [0.25, 0.3) is 0 Å². The third-order valence-electron chi connectivity index (χ3n) is 3.94. The summed E-state index contributed by atoms with van der Waals surface area (Å²) in [5.74, 6) is 0.883. The predicted octanol–water partition coefficient (Wildman–Crippen LogP) is 2.95. The maximum atomic E-state index is 6.55. The molecule has 0 saturated heterocycles. The molecule has 0 fully saturated rings. The van der Waals surface area contributed by atoms with Crippen LogP contribution in [0.1, 0.15) is 32.3 Å². The normalized spacial score (nSPS) is 19.8. The van der Waals surface area contributed by atoms with Crippen LogP contribution in [0.5, 0.6) is 0 Å².